The number of carbonyl (C=O) groups is 1. The van der Waals surface area contributed by atoms with Crippen LogP contribution in [0.3, 0.4) is 0 Å². The second-order valence-electron chi connectivity index (χ2n) is 5.86. The lowest BCUT2D eigenvalue weighted by atomic mass is 10.1. The van der Waals surface area contributed by atoms with Gasteiger partial charge >= 0.3 is 0 Å². The molecule has 1 aromatic heterocycles. The molecule has 0 spiro atoms. The molecule has 0 aliphatic carbocycles. The van der Waals surface area contributed by atoms with E-state index < -0.39 is 0 Å². The predicted octanol–water partition coefficient (Wildman–Crippen LogP) is 4.02. The van der Waals surface area contributed by atoms with Gasteiger partial charge in [0, 0.05) is 11.8 Å². The van der Waals surface area contributed by atoms with Gasteiger partial charge in [0.25, 0.3) is 0 Å². The maximum Gasteiger partial charge on any atom is 0.229 e. The molecule has 6 heteroatoms. The quantitative estimate of drug-likeness (QED) is 0.663. The minimum absolute atomic E-state index is 0.124. The van der Waals surface area contributed by atoms with Gasteiger partial charge in [-0.2, -0.15) is 0 Å². The third-order valence-electron chi connectivity index (χ3n) is 3.91. The number of hydrogen-bond acceptors (Lipinski definition) is 5. The number of amides is 1. The minimum atomic E-state index is -0.124. The summed E-state index contributed by atoms with van der Waals surface area (Å²) in [7, 11) is 3.24. The SMILES string of the molecule is COc1ccc(CC(=O)Nc2ccc(Nc3cccc(OC)c3)cn2)cc1. The first-order chi connectivity index (χ1) is 13.2. The first-order valence-electron chi connectivity index (χ1n) is 8.46. The molecule has 3 rings (SSSR count). The van der Waals surface area contributed by atoms with Gasteiger partial charge in [-0.25, -0.2) is 4.98 Å². The minimum Gasteiger partial charge on any atom is -0.497 e. The first kappa shape index (κ1) is 18.3. The third kappa shape index (κ3) is 5.22. The van der Waals surface area contributed by atoms with Gasteiger partial charge in [-0.3, -0.25) is 4.79 Å². The number of nitrogens with zero attached hydrogens (tertiary/aromatic N) is 1. The fourth-order valence-electron chi connectivity index (χ4n) is 2.53. The summed E-state index contributed by atoms with van der Waals surface area (Å²) >= 11 is 0. The van der Waals surface area contributed by atoms with E-state index in [2.05, 4.69) is 15.6 Å². The Morgan fingerprint density at radius 2 is 1.70 bits per heavy atom. The van der Waals surface area contributed by atoms with Gasteiger partial charge in [0.15, 0.2) is 0 Å². The molecule has 1 amide bonds. The summed E-state index contributed by atoms with van der Waals surface area (Å²) in [5.74, 6) is 1.92. The van der Waals surface area contributed by atoms with Crippen LogP contribution in [-0.4, -0.2) is 25.1 Å². The third-order valence-corrected chi connectivity index (χ3v) is 3.91. The molecule has 0 radical (unpaired) electrons. The molecule has 27 heavy (non-hydrogen) atoms. The fourth-order valence-corrected chi connectivity index (χ4v) is 2.53. The maximum atomic E-state index is 12.2. The molecule has 0 fully saturated rings. The predicted molar refractivity (Wildman–Crippen MR) is 106 cm³/mol. The zero-order valence-electron chi connectivity index (χ0n) is 15.2. The summed E-state index contributed by atoms with van der Waals surface area (Å²) in [4.78, 5) is 16.5. The Kier molecular flexibility index (Phi) is 5.89. The number of benzene rings is 2. The Hall–Kier alpha value is -3.54. The van der Waals surface area contributed by atoms with Crippen molar-refractivity contribution in [3.63, 3.8) is 0 Å². The van der Waals surface area contributed by atoms with E-state index >= 15 is 0 Å². The molecule has 0 atom stereocenters. The number of anilines is 3. The van der Waals surface area contributed by atoms with E-state index in [9.17, 15) is 4.79 Å². The summed E-state index contributed by atoms with van der Waals surface area (Å²) < 4.78 is 10.3. The number of methoxy groups -OCH3 is 2. The topological polar surface area (TPSA) is 72.5 Å². The molecular weight excluding hydrogens is 342 g/mol. The van der Waals surface area contributed by atoms with Crippen LogP contribution in [-0.2, 0) is 11.2 Å². The number of ether oxygens (including phenoxy) is 2. The van der Waals surface area contributed by atoms with Gasteiger partial charge in [-0.1, -0.05) is 18.2 Å². The molecule has 2 aromatic carbocycles. The highest BCUT2D eigenvalue weighted by atomic mass is 16.5. The fraction of sp³-hybridized carbons (Fsp3) is 0.143. The number of pyridine rings is 1. The van der Waals surface area contributed by atoms with Crippen LogP contribution in [0.15, 0.2) is 66.9 Å². The largest absolute Gasteiger partial charge is 0.497 e. The van der Waals surface area contributed by atoms with Crippen molar-refractivity contribution in [2.24, 2.45) is 0 Å². The molecule has 3 aromatic rings. The standard InChI is InChI=1S/C21H21N3O3/c1-26-18-9-6-15(7-10-18)12-21(25)24-20-11-8-17(14-22-20)23-16-4-3-5-19(13-16)27-2/h3-11,13-14,23H,12H2,1-2H3,(H,22,24,25). The van der Waals surface area contributed by atoms with Crippen molar-refractivity contribution >= 4 is 23.1 Å². The lowest BCUT2D eigenvalue weighted by Crippen LogP contribution is -2.15. The van der Waals surface area contributed by atoms with E-state index in [1.54, 1.807) is 26.5 Å². The number of nitrogens with one attached hydrogen (secondary N) is 2. The molecule has 0 bridgehead atoms. The summed E-state index contributed by atoms with van der Waals surface area (Å²) in [6, 6.07) is 18.6. The van der Waals surface area contributed by atoms with Gasteiger partial charge < -0.3 is 20.1 Å². The van der Waals surface area contributed by atoms with E-state index in [1.165, 1.54) is 0 Å². The van der Waals surface area contributed by atoms with Crippen molar-refractivity contribution in [1.29, 1.82) is 0 Å². The first-order valence-corrected chi connectivity index (χ1v) is 8.46. The van der Waals surface area contributed by atoms with Crippen LogP contribution in [0.4, 0.5) is 17.2 Å². The summed E-state index contributed by atoms with van der Waals surface area (Å²) in [5, 5.41) is 6.04. The van der Waals surface area contributed by atoms with Crippen LogP contribution in [0.5, 0.6) is 11.5 Å². The molecule has 2 N–H and O–H groups in total. The lowest BCUT2D eigenvalue weighted by molar-refractivity contribution is -0.115. The number of aromatic nitrogens is 1. The summed E-state index contributed by atoms with van der Waals surface area (Å²) in [6.07, 6.45) is 1.94. The Morgan fingerprint density at radius 3 is 2.37 bits per heavy atom. The highest BCUT2D eigenvalue weighted by Gasteiger charge is 2.06. The molecular formula is C21H21N3O3. The van der Waals surface area contributed by atoms with Crippen LogP contribution >= 0.6 is 0 Å². The molecule has 0 saturated carbocycles. The molecule has 0 unspecified atom stereocenters. The normalized spacial score (nSPS) is 10.1. The molecule has 0 aliphatic heterocycles. The van der Waals surface area contributed by atoms with Crippen LogP contribution in [0, 0.1) is 0 Å². The zero-order valence-corrected chi connectivity index (χ0v) is 15.2. The van der Waals surface area contributed by atoms with Crippen molar-refractivity contribution in [3.8, 4) is 11.5 Å². The van der Waals surface area contributed by atoms with Crippen molar-refractivity contribution in [2.75, 3.05) is 24.9 Å². The Balaban J connectivity index is 1.57. The van der Waals surface area contributed by atoms with Gasteiger partial charge in [-0.05, 0) is 42.0 Å². The van der Waals surface area contributed by atoms with E-state index in [0.717, 1.165) is 28.4 Å². The number of rotatable bonds is 7. The second kappa shape index (κ2) is 8.71. The van der Waals surface area contributed by atoms with Crippen molar-refractivity contribution in [1.82, 2.24) is 4.98 Å². The number of hydrogen-bond donors (Lipinski definition) is 2. The Bertz CT molecular complexity index is 893. The summed E-state index contributed by atoms with van der Waals surface area (Å²) in [6.45, 7) is 0. The van der Waals surface area contributed by atoms with E-state index in [-0.39, 0.29) is 12.3 Å². The van der Waals surface area contributed by atoms with Gasteiger partial charge in [0.2, 0.25) is 5.91 Å². The van der Waals surface area contributed by atoms with Crippen molar-refractivity contribution < 1.29 is 14.3 Å². The molecule has 1 heterocycles. The second-order valence-corrected chi connectivity index (χ2v) is 5.86. The summed E-state index contributed by atoms with van der Waals surface area (Å²) in [5.41, 5.74) is 2.62. The van der Waals surface area contributed by atoms with E-state index in [0.29, 0.717) is 5.82 Å². The van der Waals surface area contributed by atoms with Crippen LogP contribution < -0.4 is 20.1 Å². The van der Waals surface area contributed by atoms with E-state index in [4.69, 9.17) is 9.47 Å². The molecule has 6 nitrogen and oxygen atoms in total. The average molecular weight is 363 g/mol. The molecule has 0 aliphatic rings. The maximum absolute atomic E-state index is 12.2. The Morgan fingerprint density at radius 1 is 0.926 bits per heavy atom. The molecule has 138 valence electrons. The molecule has 0 saturated heterocycles. The monoisotopic (exact) mass is 363 g/mol. The van der Waals surface area contributed by atoms with E-state index in [1.807, 2.05) is 54.6 Å². The zero-order chi connectivity index (χ0) is 19.1. The van der Waals surface area contributed by atoms with Crippen molar-refractivity contribution in [3.05, 3.63) is 72.4 Å². The van der Waals surface area contributed by atoms with Gasteiger partial charge in [0.1, 0.15) is 17.3 Å². The van der Waals surface area contributed by atoms with Crippen LogP contribution in [0.25, 0.3) is 0 Å². The van der Waals surface area contributed by atoms with Crippen LogP contribution in [0.2, 0.25) is 0 Å². The lowest BCUT2D eigenvalue weighted by Gasteiger charge is -2.09. The highest BCUT2D eigenvalue weighted by molar-refractivity contribution is 5.91. The van der Waals surface area contributed by atoms with Crippen LogP contribution in [0.1, 0.15) is 5.56 Å². The highest BCUT2D eigenvalue weighted by Crippen LogP contribution is 2.21. The Labute approximate surface area is 158 Å². The van der Waals surface area contributed by atoms with Crippen molar-refractivity contribution in [2.45, 2.75) is 6.42 Å². The average Bonchev–Trinajstić information content (AvgIpc) is 2.70. The van der Waals surface area contributed by atoms with Gasteiger partial charge in [0.05, 0.1) is 32.5 Å². The van der Waals surface area contributed by atoms with Gasteiger partial charge in [-0.15, -0.1) is 0 Å². The smallest absolute Gasteiger partial charge is 0.229 e. The number of carbonyl (C=O) groups excluding carboxylic acids is 1.